The normalized spacial score (nSPS) is 12.8. The van der Waals surface area contributed by atoms with Crippen molar-refractivity contribution in [2.75, 3.05) is 6.79 Å². The van der Waals surface area contributed by atoms with Gasteiger partial charge in [0.1, 0.15) is 17.2 Å². The first kappa shape index (κ1) is 11.8. The van der Waals surface area contributed by atoms with Crippen molar-refractivity contribution < 1.29 is 13.9 Å². The van der Waals surface area contributed by atoms with E-state index >= 15 is 0 Å². The van der Waals surface area contributed by atoms with E-state index in [-0.39, 0.29) is 12.6 Å². The lowest BCUT2D eigenvalue weighted by Crippen LogP contribution is -1.92. The number of nitroso groups, excluding NO2 is 1. The molecule has 0 N–H and O–H groups in total. The molecular formula is C14H8FN3O3. The summed E-state index contributed by atoms with van der Waals surface area (Å²) in [7, 11) is 0. The third kappa shape index (κ3) is 1.74. The van der Waals surface area contributed by atoms with Gasteiger partial charge >= 0.3 is 0 Å². The van der Waals surface area contributed by atoms with Gasteiger partial charge in [-0.25, -0.2) is 9.37 Å². The van der Waals surface area contributed by atoms with Crippen LogP contribution >= 0.6 is 0 Å². The van der Waals surface area contributed by atoms with Gasteiger partial charge in [0.25, 0.3) is 0 Å². The van der Waals surface area contributed by atoms with Gasteiger partial charge in [0.15, 0.2) is 11.5 Å². The van der Waals surface area contributed by atoms with E-state index in [0.29, 0.717) is 28.4 Å². The van der Waals surface area contributed by atoms with Crippen LogP contribution in [-0.2, 0) is 0 Å². The number of pyridine rings is 1. The number of rotatable bonds is 2. The van der Waals surface area contributed by atoms with Gasteiger partial charge in [0.2, 0.25) is 12.6 Å². The average molecular weight is 285 g/mol. The maximum atomic E-state index is 13.3. The zero-order chi connectivity index (χ0) is 14.4. The number of hydrogen-bond acceptors (Lipinski definition) is 5. The molecule has 7 heteroatoms. The monoisotopic (exact) mass is 285 g/mol. The summed E-state index contributed by atoms with van der Waals surface area (Å²) < 4.78 is 25.2. The van der Waals surface area contributed by atoms with Crippen molar-refractivity contribution in [1.82, 2.24) is 9.38 Å². The molecule has 21 heavy (non-hydrogen) atoms. The molecule has 0 fully saturated rings. The van der Waals surface area contributed by atoms with Crippen LogP contribution in [0.25, 0.3) is 16.9 Å². The molecule has 0 unspecified atom stereocenters. The van der Waals surface area contributed by atoms with Crippen LogP contribution in [0.3, 0.4) is 0 Å². The van der Waals surface area contributed by atoms with Crippen molar-refractivity contribution >= 4 is 11.5 Å². The first-order chi connectivity index (χ1) is 10.3. The molecular weight excluding hydrogens is 277 g/mol. The zero-order valence-corrected chi connectivity index (χ0v) is 10.6. The van der Waals surface area contributed by atoms with E-state index in [4.69, 9.17) is 9.47 Å². The van der Waals surface area contributed by atoms with Gasteiger partial charge in [-0.15, -0.1) is 4.91 Å². The van der Waals surface area contributed by atoms with E-state index < -0.39 is 5.82 Å². The van der Waals surface area contributed by atoms with Crippen LogP contribution in [-0.4, -0.2) is 16.2 Å². The highest BCUT2D eigenvalue weighted by molar-refractivity contribution is 5.76. The van der Waals surface area contributed by atoms with Crippen LogP contribution in [0.4, 0.5) is 10.2 Å². The number of fused-ring (bicyclic) bond motifs is 2. The lowest BCUT2D eigenvalue weighted by atomic mass is 10.1. The van der Waals surface area contributed by atoms with E-state index in [0.717, 1.165) is 0 Å². The van der Waals surface area contributed by atoms with Crippen molar-refractivity contribution in [2.45, 2.75) is 0 Å². The number of aromatic nitrogens is 2. The Balaban J connectivity index is 1.95. The Hall–Kier alpha value is -2.96. The summed E-state index contributed by atoms with van der Waals surface area (Å²) in [4.78, 5) is 15.5. The summed E-state index contributed by atoms with van der Waals surface area (Å²) in [5, 5.41) is 2.98. The minimum atomic E-state index is -0.470. The fraction of sp³-hybridized carbons (Fsp3) is 0.0714. The predicted octanol–water partition coefficient (Wildman–Crippen LogP) is 3.27. The molecule has 1 aliphatic heterocycles. The lowest BCUT2D eigenvalue weighted by molar-refractivity contribution is 0.174. The Morgan fingerprint density at radius 2 is 2.05 bits per heavy atom. The summed E-state index contributed by atoms with van der Waals surface area (Å²) in [6.07, 6.45) is 1.18. The molecule has 0 spiro atoms. The zero-order valence-electron chi connectivity index (χ0n) is 10.6. The molecule has 0 saturated carbocycles. The SMILES string of the molecule is O=Nc1c(-c2ccc3c(c2)OCO3)nc2ccc(F)cn12. The largest absolute Gasteiger partial charge is 0.454 e. The Bertz CT molecular complexity index is 875. The van der Waals surface area contributed by atoms with Gasteiger partial charge in [-0.1, -0.05) is 0 Å². The van der Waals surface area contributed by atoms with Gasteiger partial charge in [-0.2, -0.15) is 0 Å². The van der Waals surface area contributed by atoms with Crippen LogP contribution in [0.2, 0.25) is 0 Å². The van der Waals surface area contributed by atoms with Crippen molar-refractivity contribution in [1.29, 1.82) is 0 Å². The molecule has 104 valence electrons. The topological polar surface area (TPSA) is 65.2 Å². The molecule has 3 heterocycles. The Morgan fingerprint density at radius 3 is 2.90 bits per heavy atom. The maximum Gasteiger partial charge on any atom is 0.231 e. The standard InChI is InChI=1S/C14H8FN3O3/c15-9-2-4-12-16-13(14(17-19)18(12)6-9)8-1-3-10-11(5-8)21-7-20-10/h1-6H,7H2. The Labute approximate surface area is 117 Å². The summed E-state index contributed by atoms with van der Waals surface area (Å²) in [6, 6.07) is 7.97. The van der Waals surface area contributed by atoms with Crippen molar-refractivity contribution in [3.63, 3.8) is 0 Å². The molecule has 0 bridgehead atoms. The third-order valence-electron chi connectivity index (χ3n) is 3.29. The van der Waals surface area contributed by atoms with Crippen LogP contribution < -0.4 is 9.47 Å². The summed E-state index contributed by atoms with van der Waals surface area (Å²) >= 11 is 0. The second kappa shape index (κ2) is 4.27. The van der Waals surface area contributed by atoms with Crippen molar-refractivity contribution in [3.05, 3.63) is 47.3 Å². The number of nitrogens with zero attached hydrogens (tertiary/aromatic N) is 3. The fourth-order valence-corrected chi connectivity index (χ4v) is 2.33. The van der Waals surface area contributed by atoms with E-state index in [1.165, 1.54) is 22.7 Å². The van der Waals surface area contributed by atoms with E-state index in [9.17, 15) is 9.30 Å². The first-order valence-corrected chi connectivity index (χ1v) is 6.17. The highest BCUT2D eigenvalue weighted by Crippen LogP contribution is 2.38. The highest BCUT2D eigenvalue weighted by atomic mass is 19.1. The first-order valence-electron chi connectivity index (χ1n) is 6.17. The summed E-state index contributed by atoms with van der Waals surface area (Å²) in [6.45, 7) is 0.161. The number of halogens is 1. The quantitative estimate of drug-likeness (QED) is 0.678. The molecule has 3 aromatic rings. The molecule has 0 saturated heterocycles. The smallest absolute Gasteiger partial charge is 0.231 e. The molecule has 0 radical (unpaired) electrons. The van der Waals surface area contributed by atoms with Gasteiger partial charge in [-0.3, -0.25) is 4.40 Å². The molecule has 0 atom stereocenters. The second-order valence-electron chi connectivity index (χ2n) is 4.52. The molecule has 0 amide bonds. The van der Waals surface area contributed by atoms with Crippen LogP contribution in [0, 0.1) is 10.7 Å². The summed E-state index contributed by atoms with van der Waals surface area (Å²) in [5.41, 5.74) is 1.46. The Morgan fingerprint density at radius 1 is 1.19 bits per heavy atom. The minimum Gasteiger partial charge on any atom is -0.454 e. The van der Waals surface area contributed by atoms with Crippen molar-refractivity contribution in [3.8, 4) is 22.8 Å². The molecule has 2 aromatic heterocycles. The van der Waals surface area contributed by atoms with Crippen molar-refractivity contribution in [2.24, 2.45) is 5.18 Å². The van der Waals surface area contributed by atoms with Gasteiger partial charge in [0.05, 0.1) is 0 Å². The van der Waals surface area contributed by atoms with Gasteiger partial charge < -0.3 is 9.47 Å². The number of imidazole rings is 1. The predicted molar refractivity (Wildman–Crippen MR) is 72.2 cm³/mol. The third-order valence-corrected chi connectivity index (χ3v) is 3.29. The number of hydrogen-bond donors (Lipinski definition) is 0. The Kier molecular flexibility index (Phi) is 2.41. The second-order valence-corrected chi connectivity index (χ2v) is 4.52. The highest BCUT2D eigenvalue weighted by Gasteiger charge is 2.19. The average Bonchev–Trinajstić information content (AvgIpc) is 3.09. The molecule has 4 rings (SSSR count). The minimum absolute atomic E-state index is 0.0448. The van der Waals surface area contributed by atoms with Crippen LogP contribution in [0.15, 0.2) is 41.7 Å². The molecule has 0 aliphatic carbocycles. The molecule has 1 aromatic carbocycles. The number of benzene rings is 1. The van der Waals surface area contributed by atoms with Crippen LogP contribution in [0.5, 0.6) is 11.5 Å². The maximum absolute atomic E-state index is 13.3. The van der Waals surface area contributed by atoms with E-state index in [1.54, 1.807) is 18.2 Å². The lowest BCUT2D eigenvalue weighted by Gasteiger charge is -2.00. The van der Waals surface area contributed by atoms with Gasteiger partial charge in [0, 0.05) is 11.8 Å². The number of ether oxygens (including phenoxy) is 2. The van der Waals surface area contributed by atoms with Crippen LogP contribution in [0.1, 0.15) is 0 Å². The molecule has 6 nitrogen and oxygen atoms in total. The summed E-state index contributed by atoms with van der Waals surface area (Å²) in [5.74, 6) is 0.784. The van der Waals surface area contributed by atoms with E-state index in [2.05, 4.69) is 10.2 Å². The fourth-order valence-electron chi connectivity index (χ4n) is 2.33. The molecule has 1 aliphatic rings. The van der Waals surface area contributed by atoms with E-state index in [1.807, 2.05) is 0 Å². The van der Waals surface area contributed by atoms with Gasteiger partial charge in [-0.05, 0) is 35.5 Å².